The van der Waals surface area contributed by atoms with E-state index in [4.69, 9.17) is 14.2 Å². The number of hydrogen-bond acceptors (Lipinski definition) is 6. The number of esters is 1. The molecule has 2 aliphatic heterocycles. The van der Waals surface area contributed by atoms with Crippen LogP contribution in [0.25, 0.3) is 0 Å². The van der Waals surface area contributed by atoms with Crippen molar-refractivity contribution >= 4 is 11.8 Å². The molecule has 1 aromatic carbocycles. The van der Waals surface area contributed by atoms with Gasteiger partial charge in [-0.3, -0.25) is 9.59 Å². The molecule has 6 nitrogen and oxygen atoms in total. The largest absolute Gasteiger partial charge is 0.468 e. The zero-order valence-corrected chi connectivity index (χ0v) is 15.8. The number of ketones is 1. The first-order chi connectivity index (χ1) is 12.8. The second-order valence-corrected chi connectivity index (χ2v) is 8.07. The summed E-state index contributed by atoms with van der Waals surface area (Å²) in [6.45, 7) is 8.37. The summed E-state index contributed by atoms with van der Waals surface area (Å²) in [7, 11) is 1.35. The second kappa shape index (κ2) is 6.15. The lowest BCUT2D eigenvalue weighted by Crippen LogP contribution is -2.43. The number of nitrogens with one attached hydrogen (secondary N) is 1. The zero-order valence-electron chi connectivity index (χ0n) is 15.8. The fraction of sp³-hybridized carbons (Fsp3) is 0.429. The van der Waals surface area contributed by atoms with Crippen LogP contribution in [0.15, 0.2) is 41.7 Å². The molecule has 27 heavy (non-hydrogen) atoms. The molecule has 1 aromatic rings. The first kappa shape index (κ1) is 17.6. The van der Waals surface area contributed by atoms with Gasteiger partial charge in [0.25, 0.3) is 0 Å². The van der Waals surface area contributed by atoms with Gasteiger partial charge in [0.2, 0.25) is 6.79 Å². The topological polar surface area (TPSA) is 73.9 Å². The van der Waals surface area contributed by atoms with Gasteiger partial charge in [0.1, 0.15) is 5.92 Å². The Labute approximate surface area is 158 Å². The molecule has 1 N–H and O–H groups in total. The van der Waals surface area contributed by atoms with E-state index in [0.29, 0.717) is 29.2 Å². The fourth-order valence-electron chi connectivity index (χ4n) is 4.32. The maximum atomic E-state index is 13.1. The molecule has 2 atom stereocenters. The van der Waals surface area contributed by atoms with Crippen molar-refractivity contribution in [1.82, 2.24) is 5.32 Å². The zero-order chi connectivity index (χ0) is 19.3. The first-order valence-electron chi connectivity index (χ1n) is 9.00. The van der Waals surface area contributed by atoms with Crippen LogP contribution in [0.4, 0.5) is 0 Å². The Balaban J connectivity index is 1.88. The number of allylic oxidation sites excluding steroid dienone is 2. The number of carbonyl (C=O) groups excluding carboxylic acids is 2. The lowest BCUT2D eigenvalue weighted by atomic mass is 9.66. The smallest absolute Gasteiger partial charge is 0.315 e. The number of methoxy groups -OCH3 is 1. The van der Waals surface area contributed by atoms with E-state index >= 15 is 0 Å². The third kappa shape index (κ3) is 2.89. The third-order valence-electron chi connectivity index (χ3n) is 5.46. The van der Waals surface area contributed by atoms with Crippen LogP contribution >= 0.6 is 0 Å². The van der Waals surface area contributed by atoms with Crippen molar-refractivity contribution < 1.29 is 23.8 Å². The number of ether oxygens (including phenoxy) is 3. The number of carbonyl (C=O) groups is 2. The van der Waals surface area contributed by atoms with Crippen molar-refractivity contribution in [3.8, 4) is 11.5 Å². The first-order valence-corrected chi connectivity index (χ1v) is 9.00. The van der Waals surface area contributed by atoms with Crippen LogP contribution in [0, 0.1) is 11.3 Å². The Morgan fingerprint density at radius 3 is 2.74 bits per heavy atom. The van der Waals surface area contributed by atoms with E-state index in [-0.39, 0.29) is 18.0 Å². The minimum Gasteiger partial charge on any atom is -0.468 e. The molecule has 2 heterocycles. The normalized spacial score (nSPS) is 25.7. The van der Waals surface area contributed by atoms with Gasteiger partial charge in [-0.2, -0.15) is 0 Å². The van der Waals surface area contributed by atoms with E-state index in [9.17, 15) is 9.59 Å². The summed E-state index contributed by atoms with van der Waals surface area (Å²) < 4.78 is 15.9. The Bertz CT molecular complexity index is 883. The number of benzene rings is 1. The van der Waals surface area contributed by atoms with Gasteiger partial charge < -0.3 is 19.5 Å². The van der Waals surface area contributed by atoms with Crippen molar-refractivity contribution in [3.05, 3.63) is 47.3 Å². The maximum absolute atomic E-state index is 13.1. The van der Waals surface area contributed by atoms with Crippen molar-refractivity contribution in [1.29, 1.82) is 0 Å². The van der Waals surface area contributed by atoms with Crippen LogP contribution in [0.2, 0.25) is 0 Å². The molecule has 0 radical (unpaired) electrons. The molecule has 0 saturated carbocycles. The lowest BCUT2D eigenvalue weighted by Gasteiger charge is -2.42. The highest BCUT2D eigenvalue weighted by molar-refractivity contribution is 6.00. The van der Waals surface area contributed by atoms with Gasteiger partial charge in [0.15, 0.2) is 17.3 Å². The van der Waals surface area contributed by atoms with Crippen molar-refractivity contribution in [3.63, 3.8) is 0 Å². The number of fused-ring (bicyclic) bond motifs is 1. The van der Waals surface area contributed by atoms with Crippen LogP contribution in [0.5, 0.6) is 11.5 Å². The lowest BCUT2D eigenvalue weighted by molar-refractivity contribution is -0.144. The minimum atomic E-state index is -0.681. The summed E-state index contributed by atoms with van der Waals surface area (Å²) in [6, 6.07) is 5.54. The molecular weight excluding hydrogens is 346 g/mol. The molecule has 0 fully saturated rings. The monoisotopic (exact) mass is 369 g/mol. The van der Waals surface area contributed by atoms with Gasteiger partial charge in [-0.25, -0.2) is 0 Å². The van der Waals surface area contributed by atoms with Gasteiger partial charge in [0.05, 0.1) is 7.11 Å². The van der Waals surface area contributed by atoms with Crippen molar-refractivity contribution in [2.24, 2.45) is 11.3 Å². The van der Waals surface area contributed by atoms with Crippen LogP contribution in [-0.2, 0) is 14.3 Å². The van der Waals surface area contributed by atoms with Crippen LogP contribution in [0.3, 0.4) is 0 Å². The van der Waals surface area contributed by atoms with E-state index in [1.165, 1.54) is 7.11 Å². The Hall–Kier alpha value is -2.76. The molecule has 0 spiro atoms. The van der Waals surface area contributed by atoms with Crippen LogP contribution in [-0.4, -0.2) is 25.7 Å². The van der Waals surface area contributed by atoms with Crippen molar-refractivity contribution in [2.75, 3.05) is 13.9 Å². The van der Waals surface area contributed by atoms with Crippen LogP contribution in [0.1, 0.15) is 38.2 Å². The molecule has 0 aromatic heterocycles. The predicted octanol–water partition coefficient (Wildman–Crippen LogP) is 3.05. The predicted molar refractivity (Wildman–Crippen MR) is 98.1 cm³/mol. The summed E-state index contributed by atoms with van der Waals surface area (Å²) in [6.07, 6.45) is 1.16. The van der Waals surface area contributed by atoms with Gasteiger partial charge in [-0.15, -0.1) is 0 Å². The summed E-state index contributed by atoms with van der Waals surface area (Å²) in [5.41, 5.74) is 2.73. The summed E-state index contributed by atoms with van der Waals surface area (Å²) in [5, 5.41) is 3.23. The van der Waals surface area contributed by atoms with Gasteiger partial charge in [0, 0.05) is 29.3 Å². The molecular formula is C21H23NO5. The van der Waals surface area contributed by atoms with Gasteiger partial charge >= 0.3 is 5.97 Å². The second-order valence-electron chi connectivity index (χ2n) is 8.07. The molecule has 142 valence electrons. The standard InChI is InChI=1S/C21H23NO5/c1-11-17(20(24)25-4)18(12-5-6-15-16(7-12)27-10-26-15)19-13(22-11)8-21(2,3)9-14(19)23/h5-7,17-18,22H,1,8-10H2,2-4H3. The Morgan fingerprint density at radius 2 is 2.00 bits per heavy atom. The maximum Gasteiger partial charge on any atom is 0.315 e. The van der Waals surface area contributed by atoms with Crippen LogP contribution < -0.4 is 14.8 Å². The third-order valence-corrected chi connectivity index (χ3v) is 5.46. The highest BCUT2D eigenvalue weighted by Gasteiger charge is 2.46. The molecule has 0 saturated heterocycles. The quantitative estimate of drug-likeness (QED) is 0.808. The molecule has 6 heteroatoms. The van der Waals surface area contributed by atoms with E-state index in [2.05, 4.69) is 25.7 Å². The number of hydrogen-bond donors (Lipinski definition) is 1. The summed E-state index contributed by atoms with van der Waals surface area (Å²) in [5.74, 6) is -0.229. The van der Waals surface area contributed by atoms with E-state index in [1.54, 1.807) is 0 Å². The highest BCUT2D eigenvalue weighted by Crippen LogP contribution is 2.49. The molecule has 0 bridgehead atoms. The average Bonchev–Trinajstić information content (AvgIpc) is 3.06. The van der Waals surface area contributed by atoms with Gasteiger partial charge in [-0.1, -0.05) is 26.5 Å². The SMILES string of the molecule is C=C1NC2=C(C(=O)CC(C)(C)C2)C(c2ccc3c(c2)OCO3)C1C(=O)OC. The van der Waals surface area contributed by atoms with E-state index in [0.717, 1.165) is 17.7 Å². The number of rotatable bonds is 2. The fourth-order valence-corrected chi connectivity index (χ4v) is 4.32. The molecule has 3 aliphatic rings. The Kier molecular flexibility index (Phi) is 4.02. The Morgan fingerprint density at radius 1 is 1.26 bits per heavy atom. The molecule has 4 rings (SSSR count). The number of Topliss-reactive ketones (excluding diaryl/α,β-unsaturated/α-hetero) is 1. The molecule has 2 unspecified atom stereocenters. The van der Waals surface area contributed by atoms with Gasteiger partial charge in [-0.05, 0) is 29.5 Å². The molecule has 1 aliphatic carbocycles. The summed E-state index contributed by atoms with van der Waals surface area (Å²) >= 11 is 0. The van der Waals surface area contributed by atoms with Crippen molar-refractivity contribution in [2.45, 2.75) is 32.6 Å². The highest BCUT2D eigenvalue weighted by atomic mass is 16.7. The minimum absolute atomic E-state index is 0.0535. The van der Waals surface area contributed by atoms with E-state index in [1.807, 2.05) is 18.2 Å². The summed E-state index contributed by atoms with van der Waals surface area (Å²) in [4.78, 5) is 25.7. The van der Waals surface area contributed by atoms with E-state index < -0.39 is 17.8 Å². The molecule has 0 amide bonds. The average molecular weight is 369 g/mol.